The number of hydrogen-bond donors (Lipinski definition) is 2. The third kappa shape index (κ3) is 7.79. The summed E-state index contributed by atoms with van der Waals surface area (Å²) in [5, 5.41) is 5.50. The number of carbonyl (C=O) groups excluding carboxylic acids is 5. The molecule has 1 aliphatic heterocycles. The van der Waals surface area contributed by atoms with Gasteiger partial charge >= 0.3 is 12.1 Å². The van der Waals surface area contributed by atoms with Crippen LogP contribution in [-0.2, 0) is 26.1 Å². The van der Waals surface area contributed by atoms with Crippen molar-refractivity contribution in [1.82, 2.24) is 14.8 Å². The normalized spacial score (nSPS) is 14.6. The van der Waals surface area contributed by atoms with Crippen molar-refractivity contribution >= 4 is 35.3 Å². The zero-order chi connectivity index (χ0) is 32.3. The van der Waals surface area contributed by atoms with Gasteiger partial charge in [0.25, 0.3) is 17.6 Å². The topological polar surface area (TPSA) is 136 Å². The van der Waals surface area contributed by atoms with E-state index >= 15 is 0 Å². The van der Waals surface area contributed by atoms with Crippen LogP contribution in [0.5, 0.6) is 0 Å². The van der Waals surface area contributed by atoms with Crippen LogP contribution in [0.25, 0.3) is 0 Å². The molecule has 234 valence electrons. The number of rotatable bonds is 8. The number of nitrogens with zero attached hydrogens (tertiary/aromatic N) is 2. The van der Waals surface area contributed by atoms with Gasteiger partial charge < -0.3 is 29.6 Å². The number of carbonyl (C=O) groups is 5. The lowest BCUT2D eigenvalue weighted by molar-refractivity contribution is -0.145. The Bertz CT molecular complexity index is 1430. The largest absolute Gasteiger partial charge is 0.466 e. The molecule has 0 spiro atoms. The van der Waals surface area contributed by atoms with E-state index in [1.807, 2.05) is 0 Å². The number of ether oxygens (including phenoxy) is 2. The first-order chi connectivity index (χ1) is 20.0. The maximum Gasteiger partial charge on any atom is 0.410 e. The van der Waals surface area contributed by atoms with Crippen LogP contribution in [0.2, 0.25) is 0 Å². The lowest BCUT2D eigenvalue weighted by atomic mass is 9.84. The number of hydrogen-bond acceptors (Lipinski definition) is 7. The van der Waals surface area contributed by atoms with Crippen LogP contribution in [0.15, 0.2) is 18.2 Å². The lowest BCUT2D eigenvalue weighted by Gasteiger charge is -2.41. The Morgan fingerprint density at radius 3 is 2.23 bits per heavy atom. The number of nitrogens with one attached hydrogen (secondary N) is 2. The van der Waals surface area contributed by atoms with Crippen LogP contribution in [0.4, 0.5) is 14.9 Å². The Morgan fingerprint density at radius 1 is 1.05 bits per heavy atom. The van der Waals surface area contributed by atoms with Gasteiger partial charge in [-0.2, -0.15) is 0 Å². The van der Waals surface area contributed by atoms with Crippen molar-refractivity contribution in [1.29, 1.82) is 0 Å². The van der Waals surface area contributed by atoms with Crippen molar-refractivity contribution in [2.24, 2.45) is 7.05 Å². The number of likely N-dealkylation sites (tertiary alicyclic amines) is 1. The van der Waals surface area contributed by atoms with E-state index in [0.29, 0.717) is 22.5 Å². The van der Waals surface area contributed by atoms with E-state index in [0.717, 1.165) is 0 Å². The molecule has 0 unspecified atom stereocenters. The van der Waals surface area contributed by atoms with E-state index in [1.54, 1.807) is 55.5 Å². The molecule has 0 atom stereocenters. The molecule has 12 heteroatoms. The number of aromatic nitrogens is 1. The minimum Gasteiger partial charge on any atom is -0.466 e. The average Bonchev–Trinajstić information content (AvgIpc) is 3.12. The molecule has 0 radical (unpaired) electrons. The van der Waals surface area contributed by atoms with Gasteiger partial charge in [0.2, 0.25) is 0 Å². The van der Waals surface area contributed by atoms with Crippen molar-refractivity contribution in [3.05, 3.63) is 52.1 Å². The van der Waals surface area contributed by atoms with Gasteiger partial charge in [-0.1, -0.05) is 0 Å². The zero-order valence-corrected chi connectivity index (χ0v) is 26.1. The molecular formula is C31H41FN4O7. The molecule has 1 aromatic carbocycles. The second kappa shape index (κ2) is 13.0. The van der Waals surface area contributed by atoms with Crippen molar-refractivity contribution in [2.75, 3.05) is 25.0 Å². The molecule has 3 rings (SSSR count). The number of anilines is 1. The van der Waals surface area contributed by atoms with Crippen LogP contribution in [0.3, 0.4) is 0 Å². The van der Waals surface area contributed by atoms with Gasteiger partial charge in [-0.15, -0.1) is 0 Å². The van der Waals surface area contributed by atoms with Crippen LogP contribution < -0.4 is 10.6 Å². The molecular weight excluding hydrogens is 559 g/mol. The molecule has 0 saturated carbocycles. The minimum atomic E-state index is -1.13. The molecule has 1 saturated heterocycles. The van der Waals surface area contributed by atoms with Crippen LogP contribution in [-0.4, -0.2) is 70.0 Å². The summed E-state index contributed by atoms with van der Waals surface area (Å²) in [6.45, 7) is 12.3. The minimum absolute atomic E-state index is 0.0212. The van der Waals surface area contributed by atoms with E-state index in [9.17, 15) is 28.4 Å². The molecule has 3 amide bonds. The molecule has 1 aromatic heterocycles. The number of ketones is 1. The van der Waals surface area contributed by atoms with E-state index in [1.165, 1.54) is 27.7 Å². The highest BCUT2D eigenvalue weighted by Crippen LogP contribution is 2.29. The number of aryl methyl sites for hydroxylation is 1. The second-order valence-electron chi connectivity index (χ2n) is 11.9. The Balaban J connectivity index is 1.83. The van der Waals surface area contributed by atoms with Crippen molar-refractivity contribution in [3.8, 4) is 0 Å². The first kappa shape index (κ1) is 33.3. The summed E-state index contributed by atoms with van der Waals surface area (Å²) in [6, 6.07) is 4.18. The van der Waals surface area contributed by atoms with Gasteiger partial charge in [0.05, 0.1) is 29.8 Å². The van der Waals surface area contributed by atoms with E-state index < -0.39 is 46.6 Å². The molecule has 0 bridgehead atoms. The number of Topliss-reactive ketones (excluding diaryl/α,β-unsaturated/α-hetero) is 1. The molecule has 2 aromatic rings. The molecule has 0 aliphatic carbocycles. The standard InChI is InChI=1S/C31H41FN4O7/c1-9-42-23(37)17-31(12-14-36(15-13-31)29(41)43-30(5,6)7)34-28(40)26(38)25-19(3)24(20(4)35(25)8)27(39)33-21-10-11-22(32)18(2)16-21/h10-11,16H,9,12-15,17H2,1-8H3,(H,33,39)(H,34,40). The van der Waals surface area contributed by atoms with Crippen molar-refractivity contribution in [2.45, 2.75) is 78.9 Å². The fourth-order valence-electron chi connectivity index (χ4n) is 5.23. The number of amides is 3. The summed E-state index contributed by atoms with van der Waals surface area (Å²) in [4.78, 5) is 66.8. The molecule has 1 fully saturated rings. The fourth-order valence-corrected chi connectivity index (χ4v) is 5.23. The highest BCUT2D eigenvalue weighted by Gasteiger charge is 2.42. The molecule has 43 heavy (non-hydrogen) atoms. The number of halogens is 1. The van der Waals surface area contributed by atoms with E-state index in [2.05, 4.69) is 10.6 Å². The maximum absolute atomic E-state index is 13.7. The fraction of sp³-hybridized carbons (Fsp3) is 0.516. The summed E-state index contributed by atoms with van der Waals surface area (Å²) in [5.41, 5.74) is -0.0771. The predicted molar refractivity (Wildman–Crippen MR) is 157 cm³/mol. The second-order valence-corrected chi connectivity index (χ2v) is 11.9. The third-order valence-corrected chi connectivity index (χ3v) is 7.53. The number of esters is 1. The van der Waals surface area contributed by atoms with Gasteiger partial charge in [0.15, 0.2) is 0 Å². The third-order valence-electron chi connectivity index (χ3n) is 7.53. The highest BCUT2D eigenvalue weighted by atomic mass is 19.1. The van der Waals surface area contributed by atoms with Crippen LogP contribution >= 0.6 is 0 Å². The SMILES string of the molecule is CCOC(=O)CC1(NC(=O)C(=O)c2c(C)c(C(=O)Nc3ccc(F)c(C)c3)c(C)n2C)CCN(C(=O)OC(C)(C)C)CC1. The Labute approximate surface area is 251 Å². The summed E-state index contributed by atoms with van der Waals surface area (Å²) >= 11 is 0. The predicted octanol–water partition coefficient (Wildman–Crippen LogP) is 4.36. The quantitative estimate of drug-likeness (QED) is 0.261. The van der Waals surface area contributed by atoms with Gasteiger partial charge in [0.1, 0.15) is 11.4 Å². The van der Waals surface area contributed by atoms with E-state index in [4.69, 9.17) is 9.47 Å². The van der Waals surface area contributed by atoms with Gasteiger partial charge in [0, 0.05) is 31.5 Å². The molecule has 2 heterocycles. The van der Waals surface area contributed by atoms with Crippen LogP contribution in [0.1, 0.15) is 84.6 Å². The molecule has 11 nitrogen and oxygen atoms in total. The van der Waals surface area contributed by atoms with Crippen molar-refractivity contribution in [3.63, 3.8) is 0 Å². The smallest absolute Gasteiger partial charge is 0.410 e. The van der Waals surface area contributed by atoms with Gasteiger partial charge in [-0.05, 0) is 90.6 Å². The maximum atomic E-state index is 13.7. The van der Waals surface area contributed by atoms with E-state index in [-0.39, 0.29) is 50.2 Å². The summed E-state index contributed by atoms with van der Waals surface area (Å²) in [6.07, 6.45) is -0.297. The van der Waals surface area contributed by atoms with Crippen molar-refractivity contribution < 1.29 is 37.8 Å². The summed E-state index contributed by atoms with van der Waals surface area (Å²) in [7, 11) is 1.58. The highest BCUT2D eigenvalue weighted by molar-refractivity contribution is 6.43. The molecule has 1 aliphatic rings. The zero-order valence-electron chi connectivity index (χ0n) is 26.1. The van der Waals surface area contributed by atoms with Gasteiger partial charge in [-0.25, -0.2) is 9.18 Å². The Hall–Kier alpha value is -4.22. The summed E-state index contributed by atoms with van der Waals surface area (Å²) in [5.74, 6) is -3.27. The Morgan fingerprint density at radius 2 is 1.67 bits per heavy atom. The average molecular weight is 601 g/mol. The number of piperidine rings is 1. The van der Waals surface area contributed by atoms with Gasteiger partial charge in [-0.3, -0.25) is 19.2 Å². The monoisotopic (exact) mass is 600 g/mol. The summed E-state index contributed by atoms with van der Waals surface area (Å²) < 4.78 is 25.7. The number of benzene rings is 1. The Kier molecular flexibility index (Phi) is 10.0. The van der Waals surface area contributed by atoms with Crippen LogP contribution in [0, 0.1) is 26.6 Å². The lowest BCUT2D eigenvalue weighted by Crippen LogP contribution is -2.58. The first-order valence-electron chi connectivity index (χ1n) is 14.2. The molecule has 2 N–H and O–H groups in total. The first-order valence-corrected chi connectivity index (χ1v) is 14.2.